The zero-order chi connectivity index (χ0) is 13.2. The molecule has 5 heteroatoms. The Balaban J connectivity index is 3.11. The molecule has 2 N–H and O–H groups in total. The molecule has 0 radical (unpaired) electrons. The van der Waals surface area contributed by atoms with Crippen LogP contribution in [0.5, 0.6) is 0 Å². The largest absolute Gasteiger partial charge is 0.456 e. The van der Waals surface area contributed by atoms with Gasteiger partial charge in [-0.25, -0.2) is 4.79 Å². The first-order valence-corrected chi connectivity index (χ1v) is 5.42. The minimum atomic E-state index is -0.701. The number of carbonyl (C=O) groups is 2. The van der Waals surface area contributed by atoms with Crippen molar-refractivity contribution in [1.82, 2.24) is 0 Å². The second kappa shape index (κ2) is 4.75. The third-order valence-corrected chi connectivity index (χ3v) is 2.14. The molecule has 0 aromatic heterocycles. The van der Waals surface area contributed by atoms with Crippen molar-refractivity contribution in [3.63, 3.8) is 0 Å². The van der Waals surface area contributed by atoms with E-state index in [4.69, 9.17) is 22.1 Å². The average molecular weight is 256 g/mol. The topological polar surface area (TPSA) is 69.4 Å². The highest BCUT2D eigenvalue weighted by atomic mass is 35.5. The van der Waals surface area contributed by atoms with E-state index in [0.717, 1.165) is 0 Å². The van der Waals surface area contributed by atoms with Crippen molar-refractivity contribution in [2.75, 3.05) is 5.73 Å². The molecular formula is C12H14ClNO3. The summed E-state index contributed by atoms with van der Waals surface area (Å²) < 4.78 is 5.17. The SMILES string of the molecule is CC(C)(C)OC(=O)c1cccc(C(=O)Cl)c1N. The van der Waals surface area contributed by atoms with Crippen LogP contribution in [0.3, 0.4) is 0 Å². The van der Waals surface area contributed by atoms with Crippen LogP contribution in [0.1, 0.15) is 41.5 Å². The molecule has 0 heterocycles. The predicted octanol–water partition coefficient (Wildman–Crippen LogP) is 2.60. The van der Waals surface area contributed by atoms with E-state index in [1.807, 2.05) is 0 Å². The second-order valence-electron chi connectivity index (χ2n) is 4.54. The molecule has 0 aliphatic carbocycles. The van der Waals surface area contributed by atoms with Crippen molar-refractivity contribution in [3.8, 4) is 0 Å². The number of benzene rings is 1. The van der Waals surface area contributed by atoms with Crippen molar-refractivity contribution < 1.29 is 14.3 Å². The maximum atomic E-state index is 11.8. The first kappa shape index (κ1) is 13.5. The van der Waals surface area contributed by atoms with Crippen LogP contribution in [0.2, 0.25) is 0 Å². The van der Waals surface area contributed by atoms with Crippen LogP contribution in [-0.2, 0) is 4.74 Å². The number of hydrogen-bond donors (Lipinski definition) is 1. The van der Waals surface area contributed by atoms with E-state index < -0.39 is 16.8 Å². The van der Waals surface area contributed by atoms with Crippen molar-refractivity contribution in [1.29, 1.82) is 0 Å². The number of hydrogen-bond acceptors (Lipinski definition) is 4. The zero-order valence-corrected chi connectivity index (χ0v) is 10.7. The number of esters is 1. The van der Waals surface area contributed by atoms with Gasteiger partial charge >= 0.3 is 5.97 Å². The normalized spacial score (nSPS) is 11.1. The highest BCUT2D eigenvalue weighted by molar-refractivity contribution is 6.68. The van der Waals surface area contributed by atoms with E-state index in [9.17, 15) is 9.59 Å². The molecule has 0 aliphatic rings. The van der Waals surface area contributed by atoms with Gasteiger partial charge in [-0.3, -0.25) is 4.79 Å². The molecule has 4 nitrogen and oxygen atoms in total. The molecule has 0 amide bonds. The maximum absolute atomic E-state index is 11.8. The molecule has 0 saturated carbocycles. The van der Waals surface area contributed by atoms with Gasteiger partial charge in [0, 0.05) is 0 Å². The molecule has 1 aromatic rings. The minimum Gasteiger partial charge on any atom is -0.456 e. The Bertz CT molecular complexity index is 463. The van der Waals surface area contributed by atoms with Crippen molar-refractivity contribution in [2.45, 2.75) is 26.4 Å². The van der Waals surface area contributed by atoms with E-state index in [0.29, 0.717) is 0 Å². The second-order valence-corrected chi connectivity index (χ2v) is 4.89. The van der Waals surface area contributed by atoms with Crippen molar-refractivity contribution in [3.05, 3.63) is 29.3 Å². The Hall–Kier alpha value is -1.55. The van der Waals surface area contributed by atoms with Gasteiger partial charge in [-0.05, 0) is 44.5 Å². The number of para-hydroxylation sites is 1. The molecular weight excluding hydrogens is 242 g/mol. The van der Waals surface area contributed by atoms with Gasteiger partial charge in [0.1, 0.15) is 5.60 Å². The summed E-state index contributed by atoms with van der Waals surface area (Å²) in [5.74, 6) is -0.574. The number of nitrogen functional groups attached to an aromatic ring is 1. The van der Waals surface area contributed by atoms with E-state index in [1.54, 1.807) is 20.8 Å². The summed E-state index contributed by atoms with van der Waals surface area (Å²) in [4.78, 5) is 22.9. The van der Waals surface area contributed by atoms with Crippen LogP contribution in [0.4, 0.5) is 5.69 Å². The fraction of sp³-hybridized carbons (Fsp3) is 0.333. The van der Waals surface area contributed by atoms with Gasteiger partial charge in [0.25, 0.3) is 5.24 Å². The molecule has 0 unspecified atom stereocenters. The van der Waals surface area contributed by atoms with E-state index in [2.05, 4.69) is 0 Å². The van der Waals surface area contributed by atoms with Crippen LogP contribution in [0.15, 0.2) is 18.2 Å². The highest BCUT2D eigenvalue weighted by Crippen LogP contribution is 2.22. The summed E-state index contributed by atoms with van der Waals surface area (Å²) >= 11 is 5.35. The van der Waals surface area contributed by atoms with E-state index >= 15 is 0 Å². The Morgan fingerprint density at radius 2 is 1.76 bits per heavy atom. The maximum Gasteiger partial charge on any atom is 0.340 e. The molecule has 17 heavy (non-hydrogen) atoms. The fourth-order valence-electron chi connectivity index (χ4n) is 1.25. The Morgan fingerprint density at radius 1 is 1.24 bits per heavy atom. The van der Waals surface area contributed by atoms with E-state index in [1.165, 1.54) is 18.2 Å². The van der Waals surface area contributed by atoms with Crippen LogP contribution >= 0.6 is 11.6 Å². The lowest BCUT2D eigenvalue weighted by molar-refractivity contribution is 0.00708. The first-order chi connectivity index (χ1) is 7.72. The van der Waals surface area contributed by atoms with Crippen LogP contribution < -0.4 is 5.73 Å². The Kier molecular flexibility index (Phi) is 3.78. The van der Waals surface area contributed by atoms with Gasteiger partial charge in [0.2, 0.25) is 0 Å². The third kappa shape index (κ3) is 3.46. The average Bonchev–Trinajstić information content (AvgIpc) is 2.14. The molecule has 1 rings (SSSR count). The Labute approximate surface area is 105 Å². The highest BCUT2D eigenvalue weighted by Gasteiger charge is 2.21. The first-order valence-electron chi connectivity index (χ1n) is 5.04. The predicted molar refractivity (Wildman–Crippen MR) is 66.2 cm³/mol. The van der Waals surface area contributed by atoms with Crippen LogP contribution in [0, 0.1) is 0 Å². The number of carbonyl (C=O) groups excluding carboxylic acids is 2. The van der Waals surface area contributed by atoms with Gasteiger partial charge in [-0.1, -0.05) is 6.07 Å². The molecule has 0 fully saturated rings. The lowest BCUT2D eigenvalue weighted by atomic mass is 10.1. The number of anilines is 1. The van der Waals surface area contributed by atoms with Crippen LogP contribution in [-0.4, -0.2) is 16.8 Å². The van der Waals surface area contributed by atoms with Gasteiger partial charge in [0.05, 0.1) is 16.8 Å². The monoisotopic (exact) mass is 255 g/mol. The molecule has 0 saturated heterocycles. The molecule has 0 bridgehead atoms. The lowest BCUT2D eigenvalue weighted by Gasteiger charge is -2.20. The number of nitrogens with two attached hydrogens (primary N) is 1. The van der Waals surface area contributed by atoms with Crippen molar-refractivity contribution >= 4 is 28.5 Å². The smallest absolute Gasteiger partial charge is 0.340 e. The quantitative estimate of drug-likeness (QED) is 0.501. The van der Waals surface area contributed by atoms with Gasteiger partial charge in [-0.15, -0.1) is 0 Å². The molecule has 0 spiro atoms. The summed E-state index contributed by atoms with van der Waals surface area (Å²) in [6.45, 7) is 5.24. The van der Waals surface area contributed by atoms with Gasteiger partial charge in [0.15, 0.2) is 0 Å². The third-order valence-electron chi connectivity index (χ3n) is 1.94. The number of ether oxygens (including phenoxy) is 1. The summed E-state index contributed by atoms with van der Waals surface area (Å²) in [5.41, 5.74) is 5.37. The summed E-state index contributed by atoms with van der Waals surface area (Å²) in [6, 6.07) is 4.48. The molecule has 92 valence electrons. The summed E-state index contributed by atoms with van der Waals surface area (Å²) in [7, 11) is 0. The van der Waals surface area contributed by atoms with E-state index in [-0.39, 0.29) is 16.8 Å². The van der Waals surface area contributed by atoms with Gasteiger partial charge in [-0.2, -0.15) is 0 Å². The Morgan fingerprint density at radius 3 is 2.24 bits per heavy atom. The standard InChI is InChI=1S/C12H14ClNO3/c1-12(2,3)17-11(16)8-6-4-5-7(9(8)14)10(13)15/h4-6H,14H2,1-3H3. The number of halogens is 1. The van der Waals surface area contributed by atoms with Gasteiger partial charge < -0.3 is 10.5 Å². The summed E-state index contributed by atoms with van der Waals surface area (Å²) in [6.07, 6.45) is 0. The lowest BCUT2D eigenvalue weighted by Crippen LogP contribution is -2.24. The molecule has 1 aromatic carbocycles. The fourth-order valence-corrected chi connectivity index (χ4v) is 1.41. The molecule has 0 atom stereocenters. The zero-order valence-electron chi connectivity index (χ0n) is 9.91. The van der Waals surface area contributed by atoms with Crippen LogP contribution in [0.25, 0.3) is 0 Å². The minimum absolute atomic E-state index is 0.0433. The summed E-state index contributed by atoms with van der Waals surface area (Å²) in [5, 5.41) is -0.701. The number of rotatable bonds is 2. The van der Waals surface area contributed by atoms with Crippen molar-refractivity contribution in [2.24, 2.45) is 0 Å². The molecule has 0 aliphatic heterocycles.